The van der Waals surface area contributed by atoms with Gasteiger partial charge in [-0.2, -0.15) is 0 Å². The molecule has 7 N–H and O–H groups in total. The highest BCUT2D eigenvalue weighted by Crippen LogP contribution is 2.72. The first kappa shape index (κ1) is 16.3. The summed E-state index contributed by atoms with van der Waals surface area (Å²) < 4.78 is 22.6. The molecule has 0 aromatic heterocycles. The topological polar surface area (TPSA) is 161 Å². The van der Waals surface area contributed by atoms with Gasteiger partial charge in [0, 0.05) is 5.92 Å². The minimum Gasteiger partial charge on any atom is -0.367 e. The van der Waals surface area contributed by atoms with E-state index < -0.39 is 26.2 Å². The molecular weight excluding hydrogens is 284 g/mol. The van der Waals surface area contributed by atoms with Crippen LogP contribution < -0.4 is 5.73 Å². The monoisotopic (exact) mass is 303 g/mol. The highest BCUT2D eigenvalue weighted by molar-refractivity contribution is 7.72. The average molecular weight is 303 g/mol. The molecule has 0 aliphatic heterocycles. The minimum atomic E-state index is -5.34. The molecule has 0 spiro atoms. The van der Waals surface area contributed by atoms with Crippen molar-refractivity contribution in [1.29, 1.82) is 0 Å². The summed E-state index contributed by atoms with van der Waals surface area (Å²) in [6, 6.07) is 0. The maximum atomic E-state index is 11.3. The Labute approximate surface area is 105 Å². The number of aliphatic hydroxyl groups is 1. The Morgan fingerprint density at radius 3 is 1.67 bits per heavy atom. The van der Waals surface area contributed by atoms with E-state index in [0.717, 1.165) is 0 Å². The summed E-state index contributed by atoms with van der Waals surface area (Å²) in [5.41, 5.74) is 5.46. The molecule has 1 rings (SSSR count). The lowest BCUT2D eigenvalue weighted by Gasteiger charge is -2.39. The number of rotatable bonds is 4. The van der Waals surface area contributed by atoms with Crippen molar-refractivity contribution in [1.82, 2.24) is 0 Å². The number of hydrogen-bond acceptors (Lipinski definition) is 4. The molecular formula is C8H19NO7P2. The quantitative estimate of drug-likeness (QED) is 0.387. The first-order chi connectivity index (χ1) is 8.04. The van der Waals surface area contributed by atoms with Crippen molar-refractivity contribution in [3.05, 3.63) is 0 Å². The summed E-state index contributed by atoms with van der Waals surface area (Å²) in [6.45, 7) is 0.414. The van der Waals surface area contributed by atoms with Crippen LogP contribution in [0.15, 0.2) is 0 Å². The van der Waals surface area contributed by atoms with Gasteiger partial charge in [-0.15, -0.1) is 0 Å². The zero-order chi connectivity index (χ0) is 14.2. The molecule has 0 atom stereocenters. The van der Waals surface area contributed by atoms with Crippen molar-refractivity contribution in [2.45, 2.75) is 30.8 Å². The third-order valence-corrected chi connectivity index (χ3v) is 7.59. The summed E-state index contributed by atoms with van der Waals surface area (Å²) in [5, 5.41) is 6.63. The van der Waals surface area contributed by atoms with Gasteiger partial charge in [0.25, 0.3) is 5.08 Å². The van der Waals surface area contributed by atoms with Crippen molar-refractivity contribution < 1.29 is 33.8 Å². The summed E-state index contributed by atoms with van der Waals surface area (Å²) >= 11 is 0. The van der Waals surface area contributed by atoms with Crippen LogP contribution in [-0.2, 0) is 9.13 Å². The second kappa shape index (κ2) is 5.31. The van der Waals surface area contributed by atoms with Crippen LogP contribution >= 0.6 is 15.2 Å². The van der Waals surface area contributed by atoms with Crippen molar-refractivity contribution in [3.63, 3.8) is 0 Å². The summed E-state index contributed by atoms with van der Waals surface area (Å²) in [6.07, 6.45) is 1.25. The molecule has 108 valence electrons. The molecule has 0 unspecified atom stereocenters. The predicted octanol–water partition coefficient (Wildman–Crippen LogP) is -0.247. The average Bonchev–Trinajstić information content (AvgIpc) is 2.25. The van der Waals surface area contributed by atoms with Gasteiger partial charge < -0.3 is 30.4 Å². The predicted molar refractivity (Wildman–Crippen MR) is 63.5 cm³/mol. The van der Waals surface area contributed by atoms with Gasteiger partial charge in [-0.3, -0.25) is 9.13 Å². The molecule has 1 aliphatic carbocycles. The molecule has 0 saturated heterocycles. The lowest BCUT2D eigenvalue weighted by Crippen LogP contribution is -2.40. The van der Waals surface area contributed by atoms with Crippen LogP contribution in [0.3, 0.4) is 0 Å². The van der Waals surface area contributed by atoms with Crippen LogP contribution in [0.2, 0.25) is 0 Å². The fourth-order valence-corrected chi connectivity index (χ4v) is 5.26. The molecule has 1 fully saturated rings. The largest absolute Gasteiger partial charge is 0.369 e. The van der Waals surface area contributed by atoms with E-state index in [0.29, 0.717) is 19.4 Å². The second-order valence-corrected chi connectivity index (χ2v) is 8.62. The second-order valence-electron chi connectivity index (χ2n) is 4.73. The Morgan fingerprint density at radius 1 is 1.00 bits per heavy atom. The fourth-order valence-electron chi connectivity index (χ4n) is 2.43. The van der Waals surface area contributed by atoms with Crippen molar-refractivity contribution in [3.8, 4) is 0 Å². The maximum absolute atomic E-state index is 11.3. The Hall–Kier alpha value is 0.220. The lowest BCUT2D eigenvalue weighted by molar-refractivity contribution is 0.0531. The van der Waals surface area contributed by atoms with Crippen LogP contribution in [0, 0.1) is 11.8 Å². The Kier molecular flexibility index (Phi) is 4.80. The normalized spacial score (nSPS) is 27.2. The summed E-state index contributed by atoms with van der Waals surface area (Å²) in [7, 11) is -10.7. The molecule has 0 radical (unpaired) electrons. The zero-order valence-electron chi connectivity index (χ0n) is 9.71. The Morgan fingerprint density at radius 2 is 1.39 bits per heavy atom. The van der Waals surface area contributed by atoms with Crippen LogP contribution in [0.4, 0.5) is 0 Å². The van der Waals surface area contributed by atoms with Gasteiger partial charge in [-0.25, -0.2) is 0 Å². The van der Waals surface area contributed by atoms with E-state index in [2.05, 4.69) is 0 Å². The maximum Gasteiger partial charge on any atom is 0.369 e. The standard InChI is InChI=1S/C8H19NO7P2/c9-5-6-1-3-7(4-2-6)8(10,17(11,12)13)18(14,15)16/h6-7,10H,1-5,9H2,(H2,11,12,13)(H2,14,15,16). The highest BCUT2D eigenvalue weighted by Gasteiger charge is 2.63. The fraction of sp³-hybridized carbons (Fsp3) is 1.00. The molecule has 0 amide bonds. The third kappa shape index (κ3) is 2.86. The molecule has 8 nitrogen and oxygen atoms in total. The van der Waals surface area contributed by atoms with Gasteiger partial charge in [0.05, 0.1) is 0 Å². The van der Waals surface area contributed by atoms with Crippen LogP contribution in [0.1, 0.15) is 25.7 Å². The zero-order valence-corrected chi connectivity index (χ0v) is 11.5. The van der Waals surface area contributed by atoms with E-state index in [1.807, 2.05) is 0 Å². The number of nitrogens with two attached hydrogens (primary N) is 1. The SMILES string of the molecule is NCC1CCC(C(O)(P(=O)(O)O)P(=O)(O)O)CC1. The number of hydrogen-bond donors (Lipinski definition) is 6. The van der Waals surface area contributed by atoms with Gasteiger partial charge in [-0.1, -0.05) is 0 Å². The van der Waals surface area contributed by atoms with Crippen LogP contribution in [0.5, 0.6) is 0 Å². The third-order valence-electron chi connectivity index (χ3n) is 3.59. The molecule has 0 bridgehead atoms. The van der Waals surface area contributed by atoms with Gasteiger partial charge in [-0.05, 0) is 38.1 Å². The van der Waals surface area contributed by atoms with Gasteiger partial charge >= 0.3 is 15.2 Å². The molecule has 0 heterocycles. The Bertz CT molecular complexity index is 359. The summed E-state index contributed by atoms with van der Waals surface area (Å²) in [4.78, 5) is 36.4. The molecule has 10 heteroatoms. The first-order valence-corrected chi connectivity index (χ1v) is 8.80. The van der Waals surface area contributed by atoms with Gasteiger partial charge in [0.2, 0.25) is 0 Å². The molecule has 0 aromatic rings. The highest BCUT2D eigenvalue weighted by atomic mass is 31.2. The molecule has 1 aliphatic rings. The van der Waals surface area contributed by atoms with E-state index in [1.165, 1.54) is 0 Å². The lowest BCUT2D eigenvalue weighted by atomic mass is 9.82. The van der Waals surface area contributed by atoms with E-state index in [-0.39, 0.29) is 18.8 Å². The molecule has 1 saturated carbocycles. The van der Waals surface area contributed by atoms with Gasteiger partial charge in [0.1, 0.15) is 0 Å². The van der Waals surface area contributed by atoms with Crippen LogP contribution in [0.25, 0.3) is 0 Å². The van der Waals surface area contributed by atoms with Crippen molar-refractivity contribution in [2.24, 2.45) is 17.6 Å². The first-order valence-electron chi connectivity index (χ1n) is 5.57. The minimum absolute atomic E-state index is 0.134. The van der Waals surface area contributed by atoms with E-state index in [9.17, 15) is 14.2 Å². The van der Waals surface area contributed by atoms with Crippen molar-refractivity contribution >= 4 is 15.2 Å². The van der Waals surface area contributed by atoms with Crippen molar-refractivity contribution in [2.75, 3.05) is 6.54 Å². The van der Waals surface area contributed by atoms with E-state index in [1.54, 1.807) is 0 Å². The smallest absolute Gasteiger partial charge is 0.367 e. The summed E-state index contributed by atoms with van der Waals surface area (Å²) in [5.74, 6) is -0.957. The molecule has 18 heavy (non-hydrogen) atoms. The van der Waals surface area contributed by atoms with Crippen LogP contribution in [-0.4, -0.2) is 36.3 Å². The van der Waals surface area contributed by atoms with E-state index in [4.69, 9.17) is 25.3 Å². The van der Waals surface area contributed by atoms with Gasteiger partial charge in [0.15, 0.2) is 0 Å². The van der Waals surface area contributed by atoms with E-state index >= 15 is 0 Å². The molecule has 0 aromatic carbocycles. The Balaban J connectivity index is 3.02.